The Bertz CT molecular complexity index is 265. The molecular formula is C15H30N2O. The molecular weight excluding hydrogens is 224 g/mol. The summed E-state index contributed by atoms with van der Waals surface area (Å²) in [6.07, 6.45) is 6.61. The fourth-order valence-corrected chi connectivity index (χ4v) is 3.30. The van der Waals surface area contributed by atoms with E-state index in [0.717, 1.165) is 38.0 Å². The Balaban J connectivity index is 2.05. The summed E-state index contributed by atoms with van der Waals surface area (Å²) < 4.78 is 5.73. The van der Waals surface area contributed by atoms with Crippen molar-refractivity contribution in [2.24, 2.45) is 11.7 Å². The van der Waals surface area contributed by atoms with Crippen LogP contribution in [0.3, 0.4) is 0 Å². The highest BCUT2D eigenvalue weighted by molar-refractivity contribution is 5.01. The van der Waals surface area contributed by atoms with Crippen LogP contribution in [0.5, 0.6) is 0 Å². The van der Waals surface area contributed by atoms with Crippen molar-refractivity contribution in [2.45, 2.75) is 70.6 Å². The molecule has 18 heavy (non-hydrogen) atoms. The lowest BCUT2D eigenvalue weighted by molar-refractivity contribution is -0.0678. The monoisotopic (exact) mass is 254 g/mol. The molecule has 0 radical (unpaired) electrons. The van der Waals surface area contributed by atoms with Crippen molar-refractivity contribution in [2.75, 3.05) is 19.7 Å². The molecule has 0 aromatic rings. The van der Waals surface area contributed by atoms with E-state index in [0.29, 0.717) is 6.10 Å². The zero-order valence-corrected chi connectivity index (χ0v) is 12.3. The molecule has 2 aliphatic rings. The Morgan fingerprint density at radius 2 is 2.11 bits per heavy atom. The van der Waals surface area contributed by atoms with Crippen LogP contribution in [0.1, 0.15) is 52.9 Å². The smallest absolute Gasteiger partial charge is 0.0565 e. The quantitative estimate of drug-likeness (QED) is 0.791. The molecule has 2 rings (SSSR count). The molecule has 1 saturated heterocycles. The van der Waals surface area contributed by atoms with Gasteiger partial charge in [-0.05, 0) is 51.5 Å². The molecule has 1 aliphatic carbocycles. The van der Waals surface area contributed by atoms with Crippen LogP contribution in [0.15, 0.2) is 0 Å². The van der Waals surface area contributed by atoms with Crippen molar-refractivity contribution in [3.8, 4) is 0 Å². The molecule has 2 fully saturated rings. The summed E-state index contributed by atoms with van der Waals surface area (Å²) in [5, 5.41) is 0. The molecule has 1 heterocycles. The van der Waals surface area contributed by atoms with Crippen LogP contribution in [0.4, 0.5) is 0 Å². The van der Waals surface area contributed by atoms with Gasteiger partial charge in [-0.25, -0.2) is 0 Å². The average Bonchev–Trinajstić information content (AvgIpc) is 3.13. The first kappa shape index (κ1) is 14.3. The average molecular weight is 254 g/mol. The molecule has 0 aromatic heterocycles. The van der Waals surface area contributed by atoms with Crippen LogP contribution in [0.2, 0.25) is 0 Å². The zero-order valence-electron chi connectivity index (χ0n) is 12.3. The number of ether oxygens (including phenoxy) is 1. The van der Waals surface area contributed by atoms with Crippen molar-refractivity contribution in [1.82, 2.24) is 4.90 Å². The summed E-state index contributed by atoms with van der Waals surface area (Å²) in [5.74, 6) is 0.776. The Hall–Kier alpha value is -0.120. The molecule has 0 amide bonds. The first-order valence-corrected chi connectivity index (χ1v) is 7.66. The van der Waals surface area contributed by atoms with Crippen LogP contribution in [0.25, 0.3) is 0 Å². The lowest BCUT2D eigenvalue weighted by Crippen LogP contribution is -2.59. The van der Waals surface area contributed by atoms with E-state index in [1.165, 1.54) is 25.8 Å². The summed E-state index contributed by atoms with van der Waals surface area (Å²) in [5.41, 5.74) is 6.39. The van der Waals surface area contributed by atoms with Crippen LogP contribution in [0, 0.1) is 5.92 Å². The van der Waals surface area contributed by atoms with E-state index in [-0.39, 0.29) is 5.54 Å². The van der Waals surface area contributed by atoms with Gasteiger partial charge in [0.15, 0.2) is 0 Å². The minimum atomic E-state index is 0.216. The largest absolute Gasteiger partial charge is 0.378 e. The topological polar surface area (TPSA) is 38.5 Å². The maximum absolute atomic E-state index is 6.18. The first-order valence-electron chi connectivity index (χ1n) is 7.66. The van der Waals surface area contributed by atoms with E-state index in [1.807, 2.05) is 0 Å². The molecule has 1 saturated carbocycles. The molecule has 0 spiro atoms. The van der Waals surface area contributed by atoms with Crippen molar-refractivity contribution in [3.05, 3.63) is 0 Å². The molecule has 0 bridgehead atoms. The van der Waals surface area contributed by atoms with Crippen molar-refractivity contribution >= 4 is 0 Å². The molecule has 2 atom stereocenters. The minimum absolute atomic E-state index is 0.216. The van der Waals surface area contributed by atoms with E-state index >= 15 is 0 Å². The van der Waals surface area contributed by atoms with Crippen molar-refractivity contribution in [3.63, 3.8) is 0 Å². The second-order valence-corrected chi connectivity index (χ2v) is 6.67. The highest BCUT2D eigenvalue weighted by Gasteiger charge is 2.45. The van der Waals surface area contributed by atoms with Gasteiger partial charge in [0.1, 0.15) is 0 Å². The van der Waals surface area contributed by atoms with E-state index in [4.69, 9.17) is 10.5 Å². The molecule has 2 N–H and O–H groups in total. The van der Waals surface area contributed by atoms with E-state index in [1.54, 1.807) is 0 Å². The highest BCUT2D eigenvalue weighted by Crippen LogP contribution is 2.39. The number of rotatable bonds is 6. The van der Waals surface area contributed by atoms with E-state index in [9.17, 15) is 0 Å². The van der Waals surface area contributed by atoms with Gasteiger partial charge in [0.25, 0.3) is 0 Å². The van der Waals surface area contributed by atoms with Crippen LogP contribution >= 0.6 is 0 Å². The third-order valence-corrected chi connectivity index (χ3v) is 4.56. The normalized spacial score (nSPS) is 33.3. The summed E-state index contributed by atoms with van der Waals surface area (Å²) in [7, 11) is 0. The van der Waals surface area contributed by atoms with Crippen molar-refractivity contribution in [1.29, 1.82) is 0 Å². The van der Waals surface area contributed by atoms with Crippen LogP contribution in [-0.2, 0) is 4.74 Å². The van der Waals surface area contributed by atoms with Gasteiger partial charge in [0.2, 0.25) is 0 Å². The zero-order chi connectivity index (χ0) is 13.2. The molecule has 3 heteroatoms. The van der Waals surface area contributed by atoms with Gasteiger partial charge < -0.3 is 10.5 Å². The van der Waals surface area contributed by atoms with Crippen LogP contribution in [-0.4, -0.2) is 42.3 Å². The number of hydrogen-bond donors (Lipinski definition) is 1. The minimum Gasteiger partial charge on any atom is -0.378 e. The lowest BCUT2D eigenvalue weighted by Gasteiger charge is -2.48. The molecule has 3 nitrogen and oxygen atoms in total. The second kappa shape index (κ2) is 5.89. The fourth-order valence-electron chi connectivity index (χ4n) is 3.30. The maximum atomic E-state index is 6.18. The lowest BCUT2D eigenvalue weighted by atomic mass is 9.84. The summed E-state index contributed by atoms with van der Waals surface area (Å²) in [6.45, 7) is 9.70. The van der Waals surface area contributed by atoms with Crippen LogP contribution < -0.4 is 5.73 Å². The molecule has 106 valence electrons. The SMILES string of the molecule is CC(C)CCN(C1CC1)C1(CN)CCOC(C)C1. The Morgan fingerprint density at radius 3 is 2.61 bits per heavy atom. The van der Waals surface area contributed by atoms with Crippen molar-refractivity contribution < 1.29 is 4.74 Å². The Morgan fingerprint density at radius 1 is 1.39 bits per heavy atom. The molecule has 1 aliphatic heterocycles. The molecule has 2 unspecified atom stereocenters. The standard InChI is InChI=1S/C15H30N2O/c1-12(2)6-8-17(14-4-5-14)15(11-16)7-9-18-13(3)10-15/h12-14H,4-11,16H2,1-3H3. The predicted octanol–water partition coefficient (Wildman–Crippen LogP) is 2.39. The maximum Gasteiger partial charge on any atom is 0.0565 e. The summed E-state index contributed by atoms with van der Waals surface area (Å²) >= 11 is 0. The van der Waals surface area contributed by atoms with E-state index in [2.05, 4.69) is 25.7 Å². The highest BCUT2D eigenvalue weighted by atomic mass is 16.5. The second-order valence-electron chi connectivity index (χ2n) is 6.67. The Kier molecular flexibility index (Phi) is 4.68. The van der Waals surface area contributed by atoms with Gasteiger partial charge in [-0.1, -0.05) is 13.8 Å². The summed E-state index contributed by atoms with van der Waals surface area (Å²) in [4.78, 5) is 2.74. The van der Waals surface area contributed by atoms with Gasteiger partial charge in [-0.2, -0.15) is 0 Å². The first-order chi connectivity index (χ1) is 8.57. The summed E-state index contributed by atoms with van der Waals surface area (Å²) in [6, 6.07) is 0.803. The van der Waals surface area contributed by atoms with Gasteiger partial charge >= 0.3 is 0 Å². The third-order valence-electron chi connectivity index (χ3n) is 4.56. The van der Waals surface area contributed by atoms with Gasteiger partial charge in [-0.3, -0.25) is 4.90 Å². The van der Waals surface area contributed by atoms with E-state index < -0.39 is 0 Å². The third kappa shape index (κ3) is 3.25. The fraction of sp³-hybridized carbons (Fsp3) is 1.00. The number of nitrogens with two attached hydrogens (primary N) is 1. The number of nitrogens with zero attached hydrogens (tertiary/aromatic N) is 1. The number of hydrogen-bond acceptors (Lipinski definition) is 3. The predicted molar refractivity (Wildman–Crippen MR) is 75.6 cm³/mol. The Labute approximate surface area is 112 Å². The van der Waals surface area contributed by atoms with Gasteiger partial charge in [-0.15, -0.1) is 0 Å². The van der Waals surface area contributed by atoms with Gasteiger partial charge in [0, 0.05) is 24.7 Å². The van der Waals surface area contributed by atoms with Gasteiger partial charge in [0.05, 0.1) is 6.10 Å². The molecule has 0 aromatic carbocycles.